The number of alkyl carbamates (subject to hydrolysis) is 2. The number of ether oxygens (including phenoxy) is 2. The predicted molar refractivity (Wildman–Crippen MR) is 212 cm³/mol. The van der Waals surface area contributed by atoms with Crippen LogP contribution < -0.4 is 21.3 Å². The number of aromatic nitrogens is 3. The van der Waals surface area contributed by atoms with Crippen LogP contribution in [0.4, 0.5) is 9.59 Å². The fourth-order valence-electron chi connectivity index (χ4n) is 6.89. The minimum Gasteiger partial charge on any atom is -0.449 e. The third-order valence-electron chi connectivity index (χ3n) is 9.93. The summed E-state index contributed by atoms with van der Waals surface area (Å²) in [7, 11) is 0. The van der Waals surface area contributed by atoms with Gasteiger partial charge in [-0.05, 0) is 63.1 Å². The summed E-state index contributed by atoms with van der Waals surface area (Å²) in [5, 5.41) is 23.4. The van der Waals surface area contributed by atoms with Crippen molar-refractivity contribution in [2.45, 2.75) is 135 Å². The molecule has 1 aromatic carbocycles. The van der Waals surface area contributed by atoms with Gasteiger partial charge in [-0.15, -0.1) is 0 Å². The number of aliphatic hydroxyl groups excluding tert-OH is 1. The number of rotatable bonds is 19. The Hall–Kier alpha value is -4.98. The second kappa shape index (κ2) is 21.9. The average Bonchev–Trinajstić information content (AvgIpc) is 3.67. The average molecular weight is 776 g/mol. The van der Waals surface area contributed by atoms with E-state index in [1.165, 1.54) is 6.33 Å². The van der Waals surface area contributed by atoms with Crippen molar-refractivity contribution in [2.75, 3.05) is 6.61 Å². The van der Waals surface area contributed by atoms with Gasteiger partial charge in [0.2, 0.25) is 11.8 Å². The van der Waals surface area contributed by atoms with Crippen LogP contribution in [0.5, 0.6) is 0 Å². The largest absolute Gasteiger partial charge is 0.449 e. The quantitative estimate of drug-likeness (QED) is 0.0952. The summed E-state index contributed by atoms with van der Waals surface area (Å²) in [5.41, 5.74) is 1.43. The second-order valence-electron chi connectivity index (χ2n) is 16.1. The molecule has 4 rings (SSSR count). The number of carbonyl (C=O) groups excluding carboxylic acids is 4. The fourth-order valence-corrected chi connectivity index (χ4v) is 6.89. The van der Waals surface area contributed by atoms with Crippen LogP contribution in [0.25, 0.3) is 0 Å². The van der Waals surface area contributed by atoms with Crippen LogP contribution in [0.1, 0.15) is 96.5 Å². The first-order valence-electron chi connectivity index (χ1n) is 19.9. The summed E-state index contributed by atoms with van der Waals surface area (Å²) in [5.74, 6) is -0.828. The number of aromatic amines is 1. The van der Waals surface area contributed by atoms with Crippen LogP contribution in [-0.4, -0.2) is 86.5 Å². The van der Waals surface area contributed by atoms with Crippen molar-refractivity contribution in [3.8, 4) is 0 Å². The lowest BCUT2D eigenvalue weighted by Gasteiger charge is -2.34. The van der Waals surface area contributed by atoms with Crippen LogP contribution in [0, 0.1) is 11.8 Å². The van der Waals surface area contributed by atoms with E-state index in [-0.39, 0.29) is 31.8 Å². The number of nitrogens with zero attached hydrogens (tertiary/aromatic N) is 2. The summed E-state index contributed by atoms with van der Waals surface area (Å²) in [6.45, 7) is 9.26. The van der Waals surface area contributed by atoms with E-state index in [0.29, 0.717) is 24.5 Å². The zero-order valence-corrected chi connectivity index (χ0v) is 33.5. The Morgan fingerprint density at radius 3 is 2.20 bits per heavy atom. The molecule has 1 aliphatic carbocycles. The van der Waals surface area contributed by atoms with Crippen LogP contribution >= 0.6 is 0 Å². The van der Waals surface area contributed by atoms with Gasteiger partial charge in [0.25, 0.3) is 0 Å². The lowest BCUT2D eigenvalue weighted by Crippen LogP contribution is -2.58. The molecule has 0 radical (unpaired) electrons. The molecule has 3 aromatic rings. The van der Waals surface area contributed by atoms with Crippen molar-refractivity contribution < 1.29 is 33.8 Å². The van der Waals surface area contributed by atoms with Gasteiger partial charge in [0, 0.05) is 49.1 Å². The van der Waals surface area contributed by atoms with Crippen molar-refractivity contribution in [1.29, 1.82) is 0 Å². The summed E-state index contributed by atoms with van der Waals surface area (Å²) < 4.78 is 10.9. The van der Waals surface area contributed by atoms with Crippen LogP contribution in [0.3, 0.4) is 0 Å². The van der Waals surface area contributed by atoms with Crippen molar-refractivity contribution in [1.82, 2.24) is 36.2 Å². The maximum Gasteiger partial charge on any atom is 0.408 e. The van der Waals surface area contributed by atoms with Gasteiger partial charge in [-0.25, -0.2) is 14.6 Å². The minimum atomic E-state index is -1.09. The number of amides is 4. The van der Waals surface area contributed by atoms with E-state index in [2.05, 4.69) is 36.2 Å². The van der Waals surface area contributed by atoms with E-state index < -0.39 is 59.9 Å². The molecule has 1 fully saturated rings. The molecular weight excluding hydrogens is 715 g/mol. The number of pyridine rings is 1. The summed E-state index contributed by atoms with van der Waals surface area (Å²) in [6.07, 6.45) is 9.07. The molecule has 0 saturated heterocycles. The third-order valence-corrected chi connectivity index (χ3v) is 9.93. The van der Waals surface area contributed by atoms with E-state index in [1.54, 1.807) is 33.2 Å². The van der Waals surface area contributed by atoms with Crippen molar-refractivity contribution in [3.63, 3.8) is 0 Å². The third kappa shape index (κ3) is 15.6. The highest BCUT2D eigenvalue weighted by Crippen LogP contribution is 2.29. The van der Waals surface area contributed by atoms with Gasteiger partial charge in [0.15, 0.2) is 0 Å². The number of hydrogen-bond donors (Lipinski definition) is 6. The number of imidazole rings is 1. The molecular formula is C42H61N7O7. The highest BCUT2D eigenvalue weighted by molar-refractivity contribution is 5.91. The van der Waals surface area contributed by atoms with Gasteiger partial charge < -0.3 is 40.8 Å². The van der Waals surface area contributed by atoms with E-state index in [1.807, 2.05) is 62.4 Å². The Kier molecular flexibility index (Phi) is 17.1. The van der Waals surface area contributed by atoms with Gasteiger partial charge in [-0.1, -0.05) is 82.3 Å². The molecule has 2 heterocycles. The number of H-pyrrole nitrogens is 1. The number of hydrogen-bond acceptors (Lipinski definition) is 9. The van der Waals surface area contributed by atoms with E-state index >= 15 is 0 Å². The van der Waals surface area contributed by atoms with Gasteiger partial charge in [0.05, 0.1) is 25.1 Å². The first-order chi connectivity index (χ1) is 26.8. The Morgan fingerprint density at radius 1 is 0.857 bits per heavy atom. The number of carbonyl (C=O) groups is 4. The number of aliphatic hydroxyl groups is 1. The van der Waals surface area contributed by atoms with Crippen molar-refractivity contribution in [3.05, 3.63) is 84.2 Å². The fraction of sp³-hybridized carbons (Fsp3) is 0.571. The predicted octanol–water partition coefficient (Wildman–Crippen LogP) is 5.17. The Bertz CT molecular complexity index is 1630. The van der Waals surface area contributed by atoms with Gasteiger partial charge >= 0.3 is 12.2 Å². The standard InChI is InChI=1S/C42H61N7O7/c1-28(2)33(48-40(53)55-21-19-31-18-12-13-20-44-31)25-37(50)34(22-29-14-8-6-9-15-29)46-39(52)36(24-32-26-43-27-45-32)47-38(51)35(23-30-16-10-7-11-17-30)49-41(54)56-42(3,4)5/h7,10-13,16-18,20,26-29,33-37,50H,6,8-9,14-15,19,21-25H2,1-5H3,(H,43,45)(H,46,52)(H,47,51)(H,48,53)(H,49,54)/t33-,34-,35-,36-,37-/m0/s1. The first kappa shape index (κ1) is 43.7. The Balaban J connectivity index is 1.50. The first-order valence-corrected chi connectivity index (χ1v) is 19.9. The molecule has 0 unspecified atom stereocenters. The SMILES string of the molecule is CC(C)[C@H](C[C@H](O)[C@H](CC1CCCCC1)NC(=O)[C@H](Cc1cnc[nH]1)NC(=O)[C@H](Cc1ccccc1)NC(=O)OC(C)(C)C)NC(=O)OCCc1ccccn1. The molecule has 0 spiro atoms. The second-order valence-corrected chi connectivity index (χ2v) is 16.1. The summed E-state index contributed by atoms with van der Waals surface area (Å²) in [4.78, 5) is 65.4. The Labute approximate surface area is 330 Å². The van der Waals surface area contributed by atoms with E-state index in [4.69, 9.17) is 9.47 Å². The summed E-state index contributed by atoms with van der Waals surface area (Å²) >= 11 is 0. The van der Waals surface area contributed by atoms with E-state index in [9.17, 15) is 24.3 Å². The molecule has 56 heavy (non-hydrogen) atoms. The molecule has 306 valence electrons. The molecule has 14 nitrogen and oxygen atoms in total. The lowest BCUT2D eigenvalue weighted by atomic mass is 9.82. The van der Waals surface area contributed by atoms with Crippen LogP contribution in [-0.2, 0) is 38.3 Å². The number of nitrogens with one attached hydrogen (secondary N) is 5. The monoisotopic (exact) mass is 775 g/mol. The van der Waals surface area contributed by atoms with E-state index in [0.717, 1.165) is 43.4 Å². The molecule has 5 atom stereocenters. The minimum absolute atomic E-state index is 0.0505. The van der Waals surface area contributed by atoms with Gasteiger partial charge in [0.1, 0.15) is 17.7 Å². The molecule has 1 aliphatic rings. The highest BCUT2D eigenvalue weighted by atomic mass is 16.6. The zero-order valence-electron chi connectivity index (χ0n) is 33.5. The number of benzene rings is 1. The lowest BCUT2D eigenvalue weighted by molar-refractivity contribution is -0.131. The maximum absolute atomic E-state index is 14.3. The highest BCUT2D eigenvalue weighted by Gasteiger charge is 2.34. The smallest absolute Gasteiger partial charge is 0.408 e. The topological polar surface area (TPSA) is 197 Å². The van der Waals surface area contributed by atoms with Gasteiger partial charge in [-0.3, -0.25) is 14.6 Å². The van der Waals surface area contributed by atoms with Crippen molar-refractivity contribution >= 4 is 24.0 Å². The summed E-state index contributed by atoms with van der Waals surface area (Å²) in [6, 6.07) is 11.5. The molecule has 1 saturated carbocycles. The molecule has 14 heteroatoms. The molecule has 4 amide bonds. The Morgan fingerprint density at radius 2 is 1.55 bits per heavy atom. The molecule has 6 N–H and O–H groups in total. The van der Waals surface area contributed by atoms with Gasteiger partial charge in [-0.2, -0.15) is 0 Å². The maximum atomic E-state index is 14.3. The molecule has 2 aromatic heterocycles. The van der Waals surface area contributed by atoms with Crippen LogP contribution in [0.2, 0.25) is 0 Å². The van der Waals surface area contributed by atoms with Crippen molar-refractivity contribution in [2.24, 2.45) is 11.8 Å². The zero-order chi connectivity index (χ0) is 40.5. The molecule has 0 aliphatic heterocycles. The van der Waals surface area contributed by atoms with Crippen LogP contribution in [0.15, 0.2) is 67.3 Å². The normalized spacial score (nSPS) is 16.1. The molecule has 0 bridgehead atoms.